The summed E-state index contributed by atoms with van der Waals surface area (Å²) in [4.78, 5) is 16.7. The number of anilines is 1. The number of nitrogens with zero attached hydrogens (tertiary/aromatic N) is 1. The van der Waals surface area contributed by atoms with Crippen LogP contribution in [0.15, 0.2) is 47.4 Å². The Kier molecular flexibility index (Phi) is 4.25. The third kappa shape index (κ3) is 3.55. The van der Waals surface area contributed by atoms with Gasteiger partial charge in [-0.1, -0.05) is 23.5 Å². The quantitative estimate of drug-likeness (QED) is 0.698. The van der Waals surface area contributed by atoms with Gasteiger partial charge in [-0.05, 0) is 42.8 Å². The Morgan fingerprint density at radius 1 is 1.17 bits per heavy atom. The normalized spacial score (nSPS) is 11.4. The second-order valence-electron chi connectivity index (χ2n) is 5.37. The van der Waals surface area contributed by atoms with Crippen molar-refractivity contribution < 1.29 is 13.2 Å². The van der Waals surface area contributed by atoms with Gasteiger partial charge in [-0.25, -0.2) is 13.4 Å². The van der Waals surface area contributed by atoms with E-state index in [0.29, 0.717) is 5.13 Å². The zero-order chi connectivity index (χ0) is 17.3. The van der Waals surface area contributed by atoms with E-state index in [-0.39, 0.29) is 10.5 Å². The molecule has 2 N–H and O–H groups in total. The van der Waals surface area contributed by atoms with Crippen LogP contribution < -0.4 is 10.9 Å². The van der Waals surface area contributed by atoms with Gasteiger partial charge in [0.2, 0.25) is 5.13 Å². The first-order valence-electron chi connectivity index (χ1n) is 7.06. The van der Waals surface area contributed by atoms with Crippen molar-refractivity contribution in [3.8, 4) is 0 Å². The first kappa shape index (κ1) is 16.4. The van der Waals surface area contributed by atoms with E-state index in [4.69, 9.17) is 0 Å². The standard InChI is InChI=1S/C16H15N3O3S2/c1-10-6-7-13-14(8-10)23-16(17-13)19-18-15(20)11-4-3-5-12(9-11)24(2,21)22/h3-9H,1-2H3,(H,17,19)(H,18,20). The largest absolute Gasteiger partial charge is 0.273 e. The predicted octanol–water partition coefficient (Wildman–Crippen LogP) is 2.77. The van der Waals surface area contributed by atoms with Gasteiger partial charge in [0, 0.05) is 11.8 Å². The van der Waals surface area contributed by atoms with E-state index in [0.717, 1.165) is 22.0 Å². The number of fused-ring (bicyclic) bond motifs is 1. The monoisotopic (exact) mass is 361 g/mol. The zero-order valence-electron chi connectivity index (χ0n) is 13.0. The van der Waals surface area contributed by atoms with Gasteiger partial charge in [-0.3, -0.25) is 15.6 Å². The molecule has 1 heterocycles. The summed E-state index contributed by atoms with van der Waals surface area (Å²) < 4.78 is 24.1. The fourth-order valence-corrected chi connectivity index (χ4v) is 3.72. The Morgan fingerprint density at radius 2 is 1.96 bits per heavy atom. The number of sulfone groups is 1. The molecule has 0 atom stereocenters. The lowest BCUT2D eigenvalue weighted by molar-refractivity contribution is 0.0962. The topological polar surface area (TPSA) is 88.2 Å². The molecule has 0 bridgehead atoms. The molecule has 0 unspecified atom stereocenters. The van der Waals surface area contributed by atoms with E-state index in [1.165, 1.54) is 29.5 Å². The lowest BCUT2D eigenvalue weighted by Crippen LogP contribution is -2.29. The van der Waals surface area contributed by atoms with E-state index < -0.39 is 15.7 Å². The highest BCUT2D eigenvalue weighted by molar-refractivity contribution is 7.90. The van der Waals surface area contributed by atoms with Crippen LogP contribution in [0, 0.1) is 6.92 Å². The molecule has 3 aromatic rings. The Labute approximate surface area is 143 Å². The highest BCUT2D eigenvalue weighted by Gasteiger charge is 2.12. The molecule has 0 aliphatic heterocycles. The summed E-state index contributed by atoms with van der Waals surface area (Å²) >= 11 is 1.42. The number of hydrogen-bond acceptors (Lipinski definition) is 6. The van der Waals surface area contributed by atoms with Gasteiger partial charge >= 0.3 is 0 Å². The highest BCUT2D eigenvalue weighted by atomic mass is 32.2. The Hall–Kier alpha value is -2.45. The first-order chi connectivity index (χ1) is 11.3. The molecule has 0 fully saturated rings. The molecule has 0 radical (unpaired) electrons. The molecule has 24 heavy (non-hydrogen) atoms. The summed E-state index contributed by atoms with van der Waals surface area (Å²) in [6.07, 6.45) is 1.10. The van der Waals surface area contributed by atoms with Crippen molar-refractivity contribution in [1.29, 1.82) is 0 Å². The van der Waals surface area contributed by atoms with Gasteiger partial charge in [0.15, 0.2) is 9.84 Å². The number of aryl methyl sites for hydroxylation is 1. The maximum atomic E-state index is 12.2. The van der Waals surface area contributed by atoms with E-state index in [1.807, 2.05) is 25.1 Å². The number of benzene rings is 2. The van der Waals surface area contributed by atoms with Crippen molar-refractivity contribution >= 4 is 42.4 Å². The maximum absolute atomic E-state index is 12.2. The summed E-state index contributed by atoms with van der Waals surface area (Å²) in [7, 11) is -3.36. The van der Waals surface area contributed by atoms with Crippen LogP contribution in [0.25, 0.3) is 10.2 Å². The molecule has 0 saturated heterocycles. The maximum Gasteiger partial charge on any atom is 0.269 e. The SMILES string of the molecule is Cc1ccc2nc(NNC(=O)c3cccc(S(C)(=O)=O)c3)sc2c1. The first-order valence-corrected chi connectivity index (χ1v) is 9.77. The van der Waals surface area contributed by atoms with Gasteiger partial charge in [0.25, 0.3) is 5.91 Å². The number of carbonyl (C=O) groups excluding carboxylic acids is 1. The third-order valence-corrected chi connectivity index (χ3v) is 5.40. The van der Waals surface area contributed by atoms with Crippen LogP contribution >= 0.6 is 11.3 Å². The average molecular weight is 361 g/mol. The molecule has 0 saturated carbocycles. The molecule has 0 aliphatic carbocycles. The summed E-state index contributed by atoms with van der Waals surface area (Å²) in [5.41, 5.74) is 7.54. The summed E-state index contributed by atoms with van der Waals surface area (Å²) in [6.45, 7) is 2.00. The highest BCUT2D eigenvalue weighted by Crippen LogP contribution is 2.26. The minimum absolute atomic E-state index is 0.102. The van der Waals surface area contributed by atoms with Gasteiger partial charge < -0.3 is 0 Å². The van der Waals surface area contributed by atoms with Crippen molar-refractivity contribution in [3.63, 3.8) is 0 Å². The van der Waals surface area contributed by atoms with Crippen LogP contribution in [0.1, 0.15) is 15.9 Å². The van der Waals surface area contributed by atoms with Crippen LogP contribution in [0.5, 0.6) is 0 Å². The summed E-state index contributed by atoms with van der Waals surface area (Å²) in [6, 6.07) is 11.8. The van der Waals surface area contributed by atoms with Gasteiger partial charge in [0.05, 0.1) is 15.1 Å². The molecular weight excluding hydrogens is 346 g/mol. The molecule has 2 aromatic carbocycles. The van der Waals surface area contributed by atoms with Gasteiger partial charge in [-0.15, -0.1) is 0 Å². The van der Waals surface area contributed by atoms with Crippen molar-refractivity contribution in [2.75, 3.05) is 11.7 Å². The van der Waals surface area contributed by atoms with Gasteiger partial charge in [-0.2, -0.15) is 0 Å². The van der Waals surface area contributed by atoms with E-state index in [2.05, 4.69) is 15.8 Å². The molecule has 0 aliphatic rings. The Bertz CT molecular complexity index is 1030. The second-order valence-corrected chi connectivity index (χ2v) is 8.42. The molecule has 3 rings (SSSR count). The van der Waals surface area contributed by atoms with Crippen LogP contribution in [-0.4, -0.2) is 25.6 Å². The van der Waals surface area contributed by atoms with Crippen LogP contribution in [0.4, 0.5) is 5.13 Å². The molecular formula is C16H15N3O3S2. The number of hydrazine groups is 1. The predicted molar refractivity (Wildman–Crippen MR) is 95.0 cm³/mol. The number of thiazole rings is 1. The van der Waals surface area contributed by atoms with Crippen LogP contribution in [0.2, 0.25) is 0 Å². The number of aromatic nitrogens is 1. The number of hydrogen-bond donors (Lipinski definition) is 2. The fourth-order valence-electron chi connectivity index (χ4n) is 2.14. The number of carbonyl (C=O) groups is 1. The minimum atomic E-state index is -3.36. The fraction of sp³-hybridized carbons (Fsp3) is 0.125. The molecule has 1 aromatic heterocycles. The lowest BCUT2D eigenvalue weighted by atomic mass is 10.2. The van der Waals surface area contributed by atoms with Crippen molar-refractivity contribution in [3.05, 3.63) is 53.6 Å². The minimum Gasteiger partial charge on any atom is -0.273 e. The lowest BCUT2D eigenvalue weighted by Gasteiger charge is -2.06. The van der Waals surface area contributed by atoms with Crippen molar-refractivity contribution in [2.24, 2.45) is 0 Å². The summed E-state index contributed by atoms with van der Waals surface area (Å²) in [5, 5.41) is 0.559. The number of amides is 1. The van der Waals surface area contributed by atoms with Crippen LogP contribution in [0.3, 0.4) is 0 Å². The van der Waals surface area contributed by atoms with Crippen LogP contribution in [-0.2, 0) is 9.84 Å². The number of nitrogens with one attached hydrogen (secondary N) is 2. The summed E-state index contributed by atoms with van der Waals surface area (Å²) in [5.74, 6) is -0.434. The van der Waals surface area contributed by atoms with Gasteiger partial charge in [0.1, 0.15) is 0 Å². The molecule has 1 amide bonds. The number of rotatable bonds is 4. The molecule has 8 heteroatoms. The Balaban J connectivity index is 1.75. The van der Waals surface area contributed by atoms with E-state index in [1.54, 1.807) is 6.07 Å². The van der Waals surface area contributed by atoms with E-state index in [9.17, 15) is 13.2 Å². The molecule has 0 spiro atoms. The van der Waals surface area contributed by atoms with Crippen molar-refractivity contribution in [2.45, 2.75) is 11.8 Å². The Morgan fingerprint density at radius 3 is 2.71 bits per heavy atom. The molecule has 124 valence electrons. The molecule has 6 nitrogen and oxygen atoms in total. The second kappa shape index (κ2) is 6.21. The smallest absolute Gasteiger partial charge is 0.269 e. The third-order valence-electron chi connectivity index (χ3n) is 3.35. The zero-order valence-corrected chi connectivity index (χ0v) is 14.7. The van der Waals surface area contributed by atoms with Crippen molar-refractivity contribution in [1.82, 2.24) is 10.4 Å². The van der Waals surface area contributed by atoms with E-state index >= 15 is 0 Å². The average Bonchev–Trinajstić information content (AvgIpc) is 2.94.